The summed E-state index contributed by atoms with van der Waals surface area (Å²) in [6.07, 6.45) is 3.00. The minimum atomic E-state index is -3.92. The smallest absolute Gasteiger partial charge is 0.252 e. The van der Waals surface area contributed by atoms with Crippen LogP contribution in [0.15, 0.2) is 68.7 Å². The Labute approximate surface area is 156 Å². The molecule has 0 atom stereocenters. The maximum absolute atomic E-state index is 12.7. The molecule has 142 valence electrons. The first-order valence-electron chi connectivity index (χ1n) is 7.96. The van der Waals surface area contributed by atoms with Crippen molar-refractivity contribution >= 4 is 15.9 Å². The minimum Gasteiger partial charge on any atom is -0.496 e. The van der Waals surface area contributed by atoms with Crippen molar-refractivity contribution < 1.29 is 26.8 Å². The first-order chi connectivity index (χ1) is 12.9. The monoisotopic (exact) mass is 390 g/mol. The average Bonchev–Trinajstić information content (AvgIpc) is 3.35. The molecular weight excluding hydrogens is 372 g/mol. The number of amides is 1. The van der Waals surface area contributed by atoms with Gasteiger partial charge in [-0.05, 0) is 42.5 Å². The van der Waals surface area contributed by atoms with Crippen molar-refractivity contribution in [2.75, 3.05) is 13.7 Å². The van der Waals surface area contributed by atoms with Crippen LogP contribution in [0.1, 0.15) is 27.8 Å². The number of ether oxygens (including phenoxy) is 1. The van der Waals surface area contributed by atoms with Crippen LogP contribution in [0.2, 0.25) is 0 Å². The molecule has 9 heteroatoms. The van der Waals surface area contributed by atoms with Gasteiger partial charge in [0.05, 0.1) is 36.0 Å². The van der Waals surface area contributed by atoms with Gasteiger partial charge in [0, 0.05) is 6.54 Å². The van der Waals surface area contributed by atoms with Gasteiger partial charge >= 0.3 is 0 Å². The van der Waals surface area contributed by atoms with E-state index < -0.39 is 21.8 Å². The Morgan fingerprint density at radius 2 is 1.78 bits per heavy atom. The van der Waals surface area contributed by atoms with Gasteiger partial charge < -0.3 is 19.3 Å². The molecule has 0 bridgehead atoms. The van der Waals surface area contributed by atoms with Crippen LogP contribution in [-0.2, 0) is 10.0 Å². The highest BCUT2D eigenvalue weighted by Crippen LogP contribution is 2.26. The van der Waals surface area contributed by atoms with E-state index >= 15 is 0 Å². The van der Waals surface area contributed by atoms with Gasteiger partial charge in [-0.25, -0.2) is 13.1 Å². The Bertz CT molecular complexity index is 976. The van der Waals surface area contributed by atoms with Gasteiger partial charge in [0.1, 0.15) is 17.3 Å². The summed E-state index contributed by atoms with van der Waals surface area (Å²) in [7, 11) is -2.55. The second-order valence-electron chi connectivity index (χ2n) is 5.66. The number of hydrogen-bond donors (Lipinski definition) is 2. The predicted octanol–water partition coefficient (Wildman–Crippen LogP) is 2.09. The largest absolute Gasteiger partial charge is 0.496 e. The Morgan fingerprint density at radius 3 is 2.26 bits per heavy atom. The topological polar surface area (TPSA) is 125 Å². The number of methoxy groups -OCH3 is 1. The summed E-state index contributed by atoms with van der Waals surface area (Å²) >= 11 is 0. The van der Waals surface area contributed by atoms with Crippen molar-refractivity contribution in [3.8, 4) is 5.75 Å². The van der Waals surface area contributed by atoms with Crippen LogP contribution >= 0.6 is 0 Å². The Morgan fingerprint density at radius 1 is 1.15 bits per heavy atom. The molecule has 1 amide bonds. The third-order valence-electron chi connectivity index (χ3n) is 4.00. The summed E-state index contributed by atoms with van der Waals surface area (Å²) in [4.78, 5) is 11.4. The molecule has 0 saturated carbocycles. The van der Waals surface area contributed by atoms with E-state index in [0.717, 1.165) is 0 Å². The molecule has 2 aromatic heterocycles. The number of sulfonamides is 1. The molecule has 1 aromatic carbocycles. The zero-order valence-corrected chi connectivity index (χ0v) is 15.2. The average molecular weight is 390 g/mol. The predicted molar refractivity (Wildman–Crippen MR) is 96.0 cm³/mol. The number of benzene rings is 1. The van der Waals surface area contributed by atoms with Crippen LogP contribution in [0.4, 0.5) is 0 Å². The molecular formula is C18H18N2O6S. The lowest BCUT2D eigenvalue weighted by atomic mass is 10.0. The molecule has 3 aromatic rings. The molecule has 27 heavy (non-hydrogen) atoms. The van der Waals surface area contributed by atoms with Crippen LogP contribution in [-0.4, -0.2) is 28.0 Å². The number of carbonyl (C=O) groups is 1. The van der Waals surface area contributed by atoms with E-state index in [0.29, 0.717) is 11.5 Å². The van der Waals surface area contributed by atoms with Crippen LogP contribution in [0, 0.1) is 0 Å². The summed E-state index contributed by atoms with van der Waals surface area (Å²) < 4.78 is 43.7. The summed E-state index contributed by atoms with van der Waals surface area (Å²) in [5, 5.41) is 0. The van der Waals surface area contributed by atoms with Crippen molar-refractivity contribution in [1.82, 2.24) is 4.72 Å². The van der Waals surface area contributed by atoms with Crippen LogP contribution < -0.4 is 15.2 Å². The summed E-state index contributed by atoms with van der Waals surface area (Å²) in [6.45, 7) is 0.00128. The normalized spacial score (nSPS) is 11.6. The lowest BCUT2D eigenvalue weighted by Gasteiger charge is -2.14. The third-order valence-corrected chi connectivity index (χ3v) is 5.42. The standard InChI is InChI=1S/C18H18N2O6S/c1-24-15-7-6-12(10-13(15)18(19)21)27(22,23)20-11-14(16-4-2-8-25-16)17-5-3-9-26-17/h2-10,14,20H,11H2,1H3,(H2,19,21). The minimum absolute atomic E-state index is 0.00128. The number of carbonyl (C=O) groups excluding carboxylic acids is 1. The van der Waals surface area contributed by atoms with Crippen molar-refractivity contribution in [1.29, 1.82) is 0 Å². The van der Waals surface area contributed by atoms with Crippen molar-refractivity contribution in [3.05, 3.63) is 72.1 Å². The lowest BCUT2D eigenvalue weighted by molar-refractivity contribution is 0.0997. The van der Waals surface area contributed by atoms with Gasteiger partial charge in [0.15, 0.2) is 0 Å². The van der Waals surface area contributed by atoms with Gasteiger partial charge in [0.2, 0.25) is 10.0 Å². The summed E-state index contributed by atoms with van der Waals surface area (Å²) in [5.74, 6) is 0.0810. The molecule has 0 spiro atoms. The van der Waals surface area contributed by atoms with Gasteiger partial charge in [0.25, 0.3) is 5.91 Å². The highest BCUT2D eigenvalue weighted by molar-refractivity contribution is 7.89. The fourth-order valence-corrected chi connectivity index (χ4v) is 3.72. The number of primary amides is 1. The second kappa shape index (κ2) is 7.68. The third kappa shape index (κ3) is 4.04. The van der Waals surface area contributed by atoms with Crippen LogP contribution in [0.3, 0.4) is 0 Å². The number of nitrogens with two attached hydrogens (primary N) is 1. The maximum Gasteiger partial charge on any atom is 0.252 e. The van der Waals surface area contributed by atoms with E-state index in [1.165, 1.54) is 37.8 Å². The highest BCUT2D eigenvalue weighted by atomic mass is 32.2. The molecule has 2 heterocycles. The fraction of sp³-hybridized carbons (Fsp3) is 0.167. The quantitative estimate of drug-likeness (QED) is 0.607. The molecule has 0 aliphatic rings. The van der Waals surface area contributed by atoms with E-state index in [1.807, 2.05) is 0 Å². The molecule has 3 N–H and O–H groups in total. The van der Waals surface area contributed by atoms with E-state index in [1.54, 1.807) is 24.3 Å². The fourth-order valence-electron chi connectivity index (χ4n) is 2.64. The van der Waals surface area contributed by atoms with Crippen molar-refractivity contribution in [3.63, 3.8) is 0 Å². The summed E-state index contributed by atoms with van der Waals surface area (Å²) in [6, 6.07) is 10.8. The van der Waals surface area contributed by atoms with E-state index in [9.17, 15) is 13.2 Å². The van der Waals surface area contributed by atoms with Crippen LogP contribution in [0.25, 0.3) is 0 Å². The molecule has 0 saturated heterocycles. The molecule has 0 aliphatic heterocycles. The SMILES string of the molecule is COc1ccc(S(=O)(=O)NCC(c2ccco2)c2ccco2)cc1C(N)=O. The summed E-state index contributed by atoms with van der Waals surface area (Å²) in [5.41, 5.74) is 5.27. The first-order valence-corrected chi connectivity index (χ1v) is 9.45. The Kier molecular flexibility index (Phi) is 5.33. The Balaban J connectivity index is 1.86. The van der Waals surface area contributed by atoms with Gasteiger partial charge in [-0.2, -0.15) is 0 Å². The second-order valence-corrected chi connectivity index (χ2v) is 7.43. The van der Waals surface area contributed by atoms with E-state index in [2.05, 4.69) is 4.72 Å². The van der Waals surface area contributed by atoms with E-state index in [-0.39, 0.29) is 22.8 Å². The number of hydrogen-bond acceptors (Lipinski definition) is 6. The van der Waals surface area contributed by atoms with Crippen molar-refractivity contribution in [2.24, 2.45) is 5.73 Å². The Hall–Kier alpha value is -3.04. The molecule has 3 rings (SSSR count). The highest BCUT2D eigenvalue weighted by Gasteiger charge is 2.24. The zero-order chi connectivity index (χ0) is 19.4. The van der Waals surface area contributed by atoms with E-state index in [4.69, 9.17) is 19.3 Å². The maximum atomic E-state index is 12.7. The molecule has 0 radical (unpaired) electrons. The van der Waals surface area contributed by atoms with Crippen molar-refractivity contribution in [2.45, 2.75) is 10.8 Å². The van der Waals surface area contributed by atoms with Gasteiger partial charge in [-0.1, -0.05) is 0 Å². The molecule has 0 unspecified atom stereocenters. The van der Waals surface area contributed by atoms with Gasteiger partial charge in [-0.15, -0.1) is 0 Å². The number of furan rings is 2. The lowest BCUT2D eigenvalue weighted by Crippen LogP contribution is -2.29. The zero-order valence-electron chi connectivity index (χ0n) is 14.4. The first kappa shape index (κ1) is 18.7. The molecule has 0 aliphatic carbocycles. The number of rotatable bonds is 8. The van der Waals surface area contributed by atoms with Gasteiger partial charge in [-0.3, -0.25) is 4.79 Å². The number of nitrogens with one attached hydrogen (secondary N) is 1. The molecule has 0 fully saturated rings. The van der Waals surface area contributed by atoms with Crippen LogP contribution in [0.5, 0.6) is 5.75 Å². The molecule has 8 nitrogen and oxygen atoms in total.